The molecule has 4 aromatic rings. The summed E-state index contributed by atoms with van der Waals surface area (Å²) in [6, 6.07) is 23.7. The van der Waals surface area contributed by atoms with Crippen LogP contribution in [0.1, 0.15) is 61.4 Å². The second-order valence-corrected chi connectivity index (χ2v) is 11.8. The van der Waals surface area contributed by atoms with E-state index in [2.05, 4.69) is 15.6 Å². The molecule has 1 saturated heterocycles. The molecular weight excluding hydrogens is 560 g/mol. The van der Waals surface area contributed by atoms with Gasteiger partial charge in [-0.1, -0.05) is 48.5 Å². The van der Waals surface area contributed by atoms with Crippen LogP contribution in [0.15, 0.2) is 84.2 Å². The highest BCUT2D eigenvalue weighted by Crippen LogP contribution is 2.34. The molecule has 0 radical (unpaired) electrons. The number of methoxy groups -OCH3 is 1. The van der Waals surface area contributed by atoms with E-state index in [9.17, 15) is 14.7 Å². The normalized spacial score (nSPS) is 16.1. The lowest BCUT2D eigenvalue weighted by molar-refractivity contribution is 0.0735. The van der Waals surface area contributed by atoms with Gasteiger partial charge in [-0.05, 0) is 67.6 Å². The Morgan fingerprint density at radius 2 is 1.81 bits per heavy atom. The van der Waals surface area contributed by atoms with Crippen molar-refractivity contribution in [2.75, 3.05) is 20.2 Å². The maximum Gasteiger partial charge on any atom is 0.254 e. The molecule has 224 valence electrons. The zero-order valence-electron chi connectivity index (χ0n) is 24.5. The number of likely N-dealkylation sites (tertiary alicyclic amines) is 1. The molecule has 8 nitrogen and oxygen atoms in total. The zero-order valence-corrected chi connectivity index (χ0v) is 25.3. The summed E-state index contributed by atoms with van der Waals surface area (Å²) >= 11 is 1.58. The van der Waals surface area contributed by atoms with Crippen LogP contribution in [0.4, 0.5) is 0 Å². The number of rotatable bonds is 12. The van der Waals surface area contributed by atoms with Gasteiger partial charge in [-0.2, -0.15) is 0 Å². The average Bonchev–Trinajstić information content (AvgIpc) is 3.70. The predicted molar refractivity (Wildman–Crippen MR) is 168 cm³/mol. The lowest BCUT2D eigenvalue weighted by Crippen LogP contribution is -2.48. The summed E-state index contributed by atoms with van der Waals surface area (Å²) in [6.07, 6.45) is 1.39. The lowest BCUT2D eigenvalue weighted by Gasteiger charge is -2.25. The average molecular weight is 599 g/mol. The maximum absolute atomic E-state index is 13.6. The molecule has 1 aliphatic heterocycles. The third-order valence-electron chi connectivity index (χ3n) is 7.70. The first-order valence-electron chi connectivity index (χ1n) is 14.6. The highest BCUT2D eigenvalue weighted by molar-refractivity contribution is 7.09. The third-order valence-corrected chi connectivity index (χ3v) is 8.77. The number of benzene rings is 3. The number of thiazole rings is 1. The van der Waals surface area contributed by atoms with Crippen molar-refractivity contribution < 1.29 is 19.4 Å². The summed E-state index contributed by atoms with van der Waals surface area (Å²) in [5, 5.41) is 20.5. The molecule has 0 spiro atoms. The van der Waals surface area contributed by atoms with E-state index in [1.54, 1.807) is 42.7 Å². The third kappa shape index (κ3) is 7.87. The van der Waals surface area contributed by atoms with E-state index in [0.717, 1.165) is 40.4 Å². The number of nitrogens with one attached hydrogen (secondary N) is 2. The zero-order chi connectivity index (χ0) is 30.2. The van der Waals surface area contributed by atoms with Crippen LogP contribution in [0.2, 0.25) is 0 Å². The van der Waals surface area contributed by atoms with Gasteiger partial charge in [-0.15, -0.1) is 11.3 Å². The number of aryl methyl sites for hydroxylation is 1. The summed E-state index contributed by atoms with van der Waals surface area (Å²) in [4.78, 5) is 33.6. The van der Waals surface area contributed by atoms with E-state index in [4.69, 9.17) is 4.74 Å². The van der Waals surface area contributed by atoms with E-state index in [1.165, 1.54) is 0 Å². The number of hydrogen-bond acceptors (Lipinski definition) is 7. The molecule has 3 N–H and O–H groups in total. The van der Waals surface area contributed by atoms with E-state index in [-0.39, 0.29) is 24.4 Å². The van der Waals surface area contributed by atoms with Gasteiger partial charge in [0, 0.05) is 41.8 Å². The SMILES string of the molecule is COc1cccc(CNC[C@@H](O)[C@H](Cc2ccccc2)NC(=O)c2cccc(C(=O)N3CCC[C@H]3c3nc(C)cs3)c2)c1. The molecule has 1 aromatic heterocycles. The monoisotopic (exact) mass is 598 g/mol. The van der Waals surface area contributed by atoms with Gasteiger partial charge in [0.2, 0.25) is 0 Å². The first kappa shape index (κ1) is 30.4. The number of aromatic nitrogens is 1. The summed E-state index contributed by atoms with van der Waals surface area (Å²) in [6.45, 7) is 3.44. The molecule has 2 heterocycles. The Hall–Kier alpha value is -4.05. The van der Waals surface area contributed by atoms with Crippen LogP contribution in [0.25, 0.3) is 0 Å². The highest BCUT2D eigenvalue weighted by atomic mass is 32.1. The van der Waals surface area contributed by atoms with Crippen LogP contribution in [0.3, 0.4) is 0 Å². The van der Waals surface area contributed by atoms with E-state index >= 15 is 0 Å². The Morgan fingerprint density at radius 3 is 2.58 bits per heavy atom. The second kappa shape index (κ2) is 14.4. The number of hydrogen-bond donors (Lipinski definition) is 3. The number of nitrogens with zero attached hydrogens (tertiary/aromatic N) is 2. The minimum absolute atomic E-state index is 0.0430. The van der Waals surface area contributed by atoms with Crippen molar-refractivity contribution in [3.63, 3.8) is 0 Å². The number of aliphatic hydroxyl groups is 1. The standard InChI is InChI=1S/C34H38N4O4S/c1-23-22-43-33(36-23)30-15-8-16-38(30)34(41)27-13-7-12-26(19-27)32(40)37-29(18-24-9-4-3-5-10-24)31(39)21-35-20-25-11-6-14-28(17-25)42-2/h3-7,9-14,17,19,22,29-31,35,39H,8,15-16,18,20-21H2,1-2H3,(H,37,40)/t29-,30-,31+/m0/s1. The number of amides is 2. The van der Waals surface area contributed by atoms with Gasteiger partial charge in [0.1, 0.15) is 10.8 Å². The van der Waals surface area contributed by atoms with Gasteiger partial charge in [-0.3, -0.25) is 9.59 Å². The Labute approximate surface area is 256 Å². The summed E-state index contributed by atoms with van der Waals surface area (Å²) in [5.41, 5.74) is 3.83. The van der Waals surface area contributed by atoms with E-state index in [0.29, 0.717) is 30.6 Å². The van der Waals surface area contributed by atoms with Crippen molar-refractivity contribution >= 4 is 23.2 Å². The molecule has 0 unspecified atom stereocenters. The number of aliphatic hydroxyl groups excluding tert-OH is 1. The van der Waals surface area contributed by atoms with Crippen LogP contribution >= 0.6 is 11.3 Å². The Bertz CT molecular complexity index is 1530. The first-order chi connectivity index (χ1) is 20.9. The Morgan fingerprint density at radius 1 is 1.05 bits per heavy atom. The highest BCUT2D eigenvalue weighted by Gasteiger charge is 2.33. The van der Waals surface area contributed by atoms with Crippen molar-refractivity contribution in [3.8, 4) is 5.75 Å². The van der Waals surface area contributed by atoms with Crippen LogP contribution in [0.5, 0.6) is 5.75 Å². The molecule has 0 bridgehead atoms. The predicted octanol–water partition coefficient (Wildman–Crippen LogP) is 4.93. The van der Waals surface area contributed by atoms with Crippen LogP contribution in [-0.4, -0.2) is 59.1 Å². The lowest BCUT2D eigenvalue weighted by atomic mass is 10.00. The fraction of sp³-hybridized carbons (Fsp3) is 0.324. The van der Waals surface area contributed by atoms with Crippen molar-refractivity contribution in [3.05, 3.63) is 117 Å². The Kier molecular flexibility index (Phi) is 10.2. The molecule has 1 aliphatic rings. The van der Waals surface area contributed by atoms with Gasteiger partial charge < -0.3 is 25.4 Å². The van der Waals surface area contributed by atoms with Crippen LogP contribution in [0, 0.1) is 6.92 Å². The minimum Gasteiger partial charge on any atom is -0.497 e. The maximum atomic E-state index is 13.6. The first-order valence-corrected chi connectivity index (χ1v) is 15.5. The smallest absolute Gasteiger partial charge is 0.254 e. The van der Waals surface area contributed by atoms with Crippen LogP contribution in [-0.2, 0) is 13.0 Å². The second-order valence-electron chi connectivity index (χ2n) is 10.9. The molecule has 2 amide bonds. The molecule has 0 aliphatic carbocycles. The number of carbonyl (C=O) groups excluding carboxylic acids is 2. The summed E-state index contributed by atoms with van der Waals surface area (Å²) < 4.78 is 5.30. The largest absolute Gasteiger partial charge is 0.497 e. The van der Waals surface area contributed by atoms with Gasteiger partial charge in [0.15, 0.2) is 0 Å². The number of ether oxygens (including phenoxy) is 1. The quantitative estimate of drug-likeness (QED) is 0.214. The molecule has 1 fully saturated rings. The summed E-state index contributed by atoms with van der Waals surface area (Å²) in [5.74, 6) is 0.330. The molecule has 0 saturated carbocycles. The molecule has 3 atom stereocenters. The molecule has 5 rings (SSSR count). The fourth-order valence-electron chi connectivity index (χ4n) is 5.44. The molecule has 43 heavy (non-hydrogen) atoms. The molecular formula is C34H38N4O4S. The van der Waals surface area contributed by atoms with E-state index in [1.807, 2.05) is 71.8 Å². The van der Waals surface area contributed by atoms with Crippen molar-refractivity contribution in [1.82, 2.24) is 20.5 Å². The van der Waals surface area contributed by atoms with E-state index < -0.39 is 12.1 Å². The molecule has 3 aromatic carbocycles. The number of carbonyl (C=O) groups is 2. The fourth-order valence-corrected chi connectivity index (χ4v) is 6.39. The Balaban J connectivity index is 1.27. The van der Waals surface area contributed by atoms with Gasteiger partial charge in [0.25, 0.3) is 11.8 Å². The summed E-state index contributed by atoms with van der Waals surface area (Å²) in [7, 11) is 1.63. The topological polar surface area (TPSA) is 104 Å². The van der Waals surface area contributed by atoms with Gasteiger partial charge in [-0.25, -0.2) is 4.98 Å². The minimum atomic E-state index is -0.855. The van der Waals surface area contributed by atoms with Crippen LogP contribution < -0.4 is 15.4 Å². The van der Waals surface area contributed by atoms with Gasteiger partial charge in [0.05, 0.1) is 25.3 Å². The van der Waals surface area contributed by atoms with Crippen molar-refractivity contribution in [2.24, 2.45) is 0 Å². The van der Waals surface area contributed by atoms with Crippen molar-refractivity contribution in [2.45, 2.75) is 50.9 Å². The molecule has 9 heteroatoms. The van der Waals surface area contributed by atoms with Gasteiger partial charge >= 0.3 is 0 Å². The van der Waals surface area contributed by atoms with Crippen molar-refractivity contribution in [1.29, 1.82) is 0 Å².